The van der Waals surface area contributed by atoms with Gasteiger partial charge in [0.2, 0.25) is 0 Å². The number of ether oxygens (including phenoxy) is 3. The van der Waals surface area contributed by atoms with Crippen molar-refractivity contribution in [3.8, 4) is 11.5 Å². The average Bonchev–Trinajstić information content (AvgIpc) is 2.77. The van der Waals surface area contributed by atoms with Gasteiger partial charge in [0.1, 0.15) is 29.0 Å². The van der Waals surface area contributed by atoms with Gasteiger partial charge in [0.25, 0.3) is 0 Å². The van der Waals surface area contributed by atoms with Crippen LogP contribution >= 0.6 is 0 Å². The molecule has 0 aliphatic heterocycles. The minimum absolute atomic E-state index is 0.0154. The molecule has 0 radical (unpaired) electrons. The maximum absolute atomic E-state index is 13.0. The van der Waals surface area contributed by atoms with Crippen molar-refractivity contribution in [2.45, 2.75) is 65.0 Å². The fourth-order valence-electron chi connectivity index (χ4n) is 2.88. The number of carbonyl (C=O) groups excluding carboxylic acids is 3. The van der Waals surface area contributed by atoms with Crippen LogP contribution in [0.4, 0.5) is 9.18 Å². The van der Waals surface area contributed by atoms with Gasteiger partial charge in [-0.3, -0.25) is 4.79 Å². The fourth-order valence-corrected chi connectivity index (χ4v) is 2.88. The van der Waals surface area contributed by atoms with Gasteiger partial charge in [0.05, 0.1) is 6.61 Å². The Bertz CT molecular complexity index is 951. The van der Waals surface area contributed by atoms with Gasteiger partial charge in [0.15, 0.2) is 5.78 Å². The average molecular weight is 474 g/mol. The quantitative estimate of drug-likeness (QED) is 0.251. The molecular formula is C26H32FNO6. The molecule has 2 aromatic carbocycles. The standard InChI is InChI=1S/C26H32FNO6/c1-5-6-17-32-24(30)22(28-25(31)34-26(2,3)4)15-16-23(29)18-7-11-20(12-8-18)33-21-13-9-19(27)10-14-21/h7-14,22H,5-6,15-17H2,1-4H3,(H,28,31). The molecule has 0 heterocycles. The Hall–Kier alpha value is -3.42. The van der Waals surface area contributed by atoms with E-state index in [2.05, 4.69) is 5.32 Å². The Morgan fingerprint density at radius 3 is 2.12 bits per heavy atom. The van der Waals surface area contributed by atoms with Crippen LogP contribution in [0.3, 0.4) is 0 Å². The Morgan fingerprint density at radius 2 is 1.56 bits per heavy atom. The maximum Gasteiger partial charge on any atom is 0.408 e. The van der Waals surface area contributed by atoms with E-state index >= 15 is 0 Å². The first-order valence-electron chi connectivity index (χ1n) is 11.3. The zero-order valence-electron chi connectivity index (χ0n) is 20.1. The number of unbranched alkanes of at least 4 members (excludes halogenated alkanes) is 1. The van der Waals surface area contributed by atoms with Crippen LogP contribution in [0, 0.1) is 5.82 Å². The Kier molecular flexibility index (Phi) is 10.0. The minimum atomic E-state index is -1.00. The summed E-state index contributed by atoms with van der Waals surface area (Å²) in [5.41, 5.74) is -0.296. The molecule has 0 bridgehead atoms. The summed E-state index contributed by atoms with van der Waals surface area (Å²) >= 11 is 0. The first-order valence-corrected chi connectivity index (χ1v) is 11.3. The number of alkyl carbamates (subject to hydrolysis) is 1. The number of ketones is 1. The molecule has 1 atom stereocenters. The van der Waals surface area contributed by atoms with E-state index in [1.54, 1.807) is 45.0 Å². The predicted molar refractivity (Wildman–Crippen MR) is 126 cm³/mol. The van der Waals surface area contributed by atoms with Crippen LogP contribution in [-0.4, -0.2) is 36.1 Å². The van der Waals surface area contributed by atoms with Crippen molar-refractivity contribution >= 4 is 17.8 Å². The molecule has 184 valence electrons. The van der Waals surface area contributed by atoms with Crippen LogP contribution in [-0.2, 0) is 14.3 Å². The summed E-state index contributed by atoms with van der Waals surface area (Å²) in [5.74, 6) is -0.201. The van der Waals surface area contributed by atoms with Crippen molar-refractivity contribution in [1.29, 1.82) is 0 Å². The summed E-state index contributed by atoms with van der Waals surface area (Å²) in [6, 6.07) is 11.1. The number of benzene rings is 2. The Labute approximate surface area is 199 Å². The minimum Gasteiger partial charge on any atom is -0.464 e. The summed E-state index contributed by atoms with van der Waals surface area (Å²) in [5, 5.41) is 2.51. The van der Waals surface area contributed by atoms with E-state index in [1.807, 2.05) is 6.92 Å². The van der Waals surface area contributed by atoms with Gasteiger partial charge in [-0.25, -0.2) is 14.0 Å². The topological polar surface area (TPSA) is 90.9 Å². The molecule has 0 aromatic heterocycles. The van der Waals surface area contributed by atoms with Crippen molar-refractivity contribution in [2.75, 3.05) is 6.61 Å². The monoisotopic (exact) mass is 473 g/mol. The number of Topliss-reactive ketones (excluding diaryl/α,β-unsaturated/α-hetero) is 1. The largest absolute Gasteiger partial charge is 0.464 e. The molecule has 2 rings (SSSR count). The molecule has 0 saturated heterocycles. The second-order valence-corrected chi connectivity index (χ2v) is 8.76. The molecule has 0 aliphatic carbocycles. The van der Waals surface area contributed by atoms with Crippen molar-refractivity contribution in [3.05, 3.63) is 59.9 Å². The predicted octanol–water partition coefficient (Wildman–Crippen LogP) is 5.82. The van der Waals surface area contributed by atoms with Gasteiger partial charge in [-0.15, -0.1) is 0 Å². The molecule has 0 aliphatic rings. The molecule has 0 fully saturated rings. The normalized spacial score (nSPS) is 11.9. The third kappa shape index (κ3) is 9.60. The van der Waals surface area contributed by atoms with Gasteiger partial charge in [-0.05, 0) is 82.1 Å². The first-order chi connectivity index (χ1) is 16.1. The molecule has 1 amide bonds. The number of amides is 1. The summed E-state index contributed by atoms with van der Waals surface area (Å²) in [6.07, 6.45) is 0.894. The number of rotatable bonds is 11. The van der Waals surface area contributed by atoms with Crippen LogP contribution in [0.1, 0.15) is 63.7 Å². The van der Waals surface area contributed by atoms with Crippen molar-refractivity contribution in [1.82, 2.24) is 5.32 Å². The molecule has 1 N–H and O–H groups in total. The lowest BCUT2D eigenvalue weighted by atomic mass is 10.0. The highest BCUT2D eigenvalue weighted by Gasteiger charge is 2.26. The van der Waals surface area contributed by atoms with E-state index < -0.39 is 23.7 Å². The SMILES string of the molecule is CCCCOC(=O)C(CCC(=O)c1ccc(Oc2ccc(F)cc2)cc1)NC(=O)OC(C)(C)C. The van der Waals surface area contributed by atoms with E-state index in [4.69, 9.17) is 14.2 Å². The van der Waals surface area contributed by atoms with Crippen LogP contribution < -0.4 is 10.1 Å². The zero-order valence-corrected chi connectivity index (χ0v) is 20.1. The van der Waals surface area contributed by atoms with E-state index in [0.29, 0.717) is 23.5 Å². The molecule has 2 aromatic rings. The molecule has 8 heteroatoms. The van der Waals surface area contributed by atoms with E-state index in [1.165, 1.54) is 24.3 Å². The lowest BCUT2D eigenvalue weighted by Crippen LogP contribution is -2.44. The Morgan fingerprint density at radius 1 is 0.971 bits per heavy atom. The lowest BCUT2D eigenvalue weighted by molar-refractivity contribution is -0.146. The van der Waals surface area contributed by atoms with Gasteiger partial charge in [-0.2, -0.15) is 0 Å². The number of hydrogen-bond acceptors (Lipinski definition) is 6. The van der Waals surface area contributed by atoms with E-state index in [9.17, 15) is 18.8 Å². The van der Waals surface area contributed by atoms with Crippen molar-refractivity contribution in [3.63, 3.8) is 0 Å². The Balaban J connectivity index is 1.97. The number of hydrogen-bond donors (Lipinski definition) is 1. The van der Waals surface area contributed by atoms with Gasteiger partial charge >= 0.3 is 12.1 Å². The number of nitrogens with one attached hydrogen (secondary N) is 1. The highest BCUT2D eigenvalue weighted by Crippen LogP contribution is 2.22. The van der Waals surface area contributed by atoms with Crippen LogP contribution in [0.5, 0.6) is 11.5 Å². The van der Waals surface area contributed by atoms with Crippen molar-refractivity contribution < 1.29 is 33.0 Å². The first kappa shape index (κ1) is 26.8. The summed E-state index contributed by atoms with van der Waals surface area (Å²) in [6.45, 7) is 7.36. The molecule has 0 spiro atoms. The number of carbonyl (C=O) groups is 3. The zero-order chi connectivity index (χ0) is 25.1. The fraction of sp³-hybridized carbons (Fsp3) is 0.423. The molecule has 0 saturated carbocycles. The summed E-state index contributed by atoms with van der Waals surface area (Å²) in [4.78, 5) is 37.3. The van der Waals surface area contributed by atoms with Crippen LogP contribution in [0.25, 0.3) is 0 Å². The second-order valence-electron chi connectivity index (χ2n) is 8.76. The van der Waals surface area contributed by atoms with Gasteiger partial charge in [0, 0.05) is 12.0 Å². The molecule has 34 heavy (non-hydrogen) atoms. The van der Waals surface area contributed by atoms with E-state index in [-0.39, 0.29) is 31.0 Å². The summed E-state index contributed by atoms with van der Waals surface area (Å²) < 4.78 is 29.1. The highest BCUT2D eigenvalue weighted by molar-refractivity contribution is 5.96. The lowest BCUT2D eigenvalue weighted by Gasteiger charge is -2.23. The third-order valence-electron chi connectivity index (χ3n) is 4.60. The van der Waals surface area contributed by atoms with Gasteiger partial charge in [-0.1, -0.05) is 13.3 Å². The number of esters is 1. The molecular weight excluding hydrogens is 441 g/mol. The molecule has 1 unspecified atom stereocenters. The number of halogens is 1. The molecule has 7 nitrogen and oxygen atoms in total. The van der Waals surface area contributed by atoms with Crippen LogP contribution in [0.15, 0.2) is 48.5 Å². The van der Waals surface area contributed by atoms with E-state index in [0.717, 1.165) is 6.42 Å². The summed E-state index contributed by atoms with van der Waals surface area (Å²) in [7, 11) is 0. The van der Waals surface area contributed by atoms with Crippen LogP contribution in [0.2, 0.25) is 0 Å². The smallest absolute Gasteiger partial charge is 0.408 e. The highest BCUT2D eigenvalue weighted by atomic mass is 19.1. The van der Waals surface area contributed by atoms with Gasteiger partial charge < -0.3 is 19.5 Å². The maximum atomic E-state index is 13.0. The third-order valence-corrected chi connectivity index (χ3v) is 4.60. The second kappa shape index (κ2) is 12.7. The van der Waals surface area contributed by atoms with Crippen molar-refractivity contribution in [2.24, 2.45) is 0 Å².